The lowest BCUT2D eigenvalue weighted by Crippen LogP contribution is -2.25. The second kappa shape index (κ2) is 6.60. The van der Waals surface area contributed by atoms with Crippen molar-refractivity contribution >= 4 is 11.6 Å². The third kappa shape index (κ3) is 3.56. The topological polar surface area (TPSA) is 50.8 Å². The van der Waals surface area contributed by atoms with Gasteiger partial charge in [-0.2, -0.15) is 0 Å². The Morgan fingerprint density at radius 3 is 2.57 bits per heavy atom. The van der Waals surface area contributed by atoms with Gasteiger partial charge in [0.05, 0.1) is 0 Å². The second-order valence-electron chi connectivity index (χ2n) is 5.63. The van der Waals surface area contributed by atoms with Crippen LogP contribution < -0.4 is 19.7 Å². The molecule has 0 atom stereocenters. The quantitative estimate of drug-likeness (QED) is 0.921. The van der Waals surface area contributed by atoms with Crippen molar-refractivity contribution < 1.29 is 14.3 Å². The van der Waals surface area contributed by atoms with E-state index in [1.165, 1.54) is 0 Å². The van der Waals surface area contributed by atoms with Crippen LogP contribution in [0.1, 0.15) is 15.9 Å². The van der Waals surface area contributed by atoms with E-state index in [-0.39, 0.29) is 12.7 Å². The van der Waals surface area contributed by atoms with Crippen LogP contribution in [-0.2, 0) is 6.42 Å². The van der Waals surface area contributed by atoms with E-state index < -0.39 is 0 Å². The van der Waals surface area contributed by atoms with E-state index in [2.05, 4.69) is 5.32 Å². The highest BCUT2D eigenvalue weighted by Crippen LogP contribution is 2.32. The lowest BCUT2D eigenvalue weighted by Gasteiger charge is -2.12. The van der Waals surface area contributed by atoms with Crippen molar-refractivity contribution in [2.24, 2.45) is 0 Å². The van der Waals surface area contributed by atoms with Crippen molar-refractivity contribution in [3.05, 3.63) is 53.6 Å². The van der Waals surface area contributed by atoms with Crippen molar-refractivity contribution in [3.8, 4) is 11.5 Å². The molecule has 5 nitrogen and oxygen atoms in total. The predicted molar refractivity (Wildman–Crippen MR) is 89.4 cm³/mol. The molecule has 1 aliphatic heterocycles. The Hall–Kier alpha value is -2.69. The molecule has 2 aromatic carbocycles. The Bertz CT molecular complexity index is 696. The van der Waals surface area contributed by atoms with Gasteiger partial charge in [0.2, 0.25) is 6.79 Å². The normalized spacial score (nSPS) is 12.1. The van der Waals surface area contributed by atoms with E-state index in [1.807, 2.05) is 61.5 Å². The molecule has 1 amide bonds. The minimum absolute atomic E-state index is 0.0592. The van der Waals surface area contributed by atoms with Gasteiger partial charge in [-0.05, 0) is 48.4 Å². The molecule has 0 spiro atoms. The summed E-state index contributed by atoms with van der Waals surface area (Å²) in [6.07, 6.45) is 0.748. The summed E-state index contributed by atoms with van der Waals surface area (Å²) in [5, 5.41) is 2.94. The van der Waals surface area contributed by atoms with Crippen LogP contribution in [0.4, 0.5) is 5.69 Å². The van der Waals surface area contributed by atoms with Crippen LogP contribution in [0.3, 0.4) is 0 Å². The van der Waals surface area contributed by atoms with Crippen LogP contribution >= 0.6 is 0 Å². The number of fused-ring (bicyclic) bond motifs is 1. The third-order valence-corrected chi connectivity index (χ3v) is 3.78. The zero-order chi connectivity index (χ0) is 16.2. The van der Waals surface area contributed by atoms with E-state index >= 15 is 0 Å². The zero-order valence-corrected chi connectivity index (χ0v) is 13.3. The minimum atomic E-state index is -0.0592. The standard InChI is InChI=1S/C18H20N2O3/c1-20(2)15-6-4-14(5-7-15)18(21)19-10-9-13-3-8-16-17(11-13)23-12-22-16/h3-8,11H,9-10,12H2,1-2H3,(H,19,21). The van der Waals surface area contributed by atoms with Gasteiger partial charge in [-0.3, -0.25) is 4.79 Å². The van der Waals surface area contributed by atoms with Gasteiger partial charge in [0.25, 0.3) is 5.91 Å². The summed E-state index contributed by atoms with van der Waals surface area (Å²) in [6, 6.07) is 13.4. The molecular formula is C18H20N2O3. The summed E-state index contributed by atoms with van der Waals surface area (Å²) < 4.78 is 10.6. The number of ether oxygens (including phenoxy) is 2. The van der Waals surface area contributed by atoms with Crippen LogP contribution in [0.2, 0.25) is 0 Å². The monoisotopic (exact) mass is 312 g/mol. The SMILES string of the molecule is CN(C)c1ccc(C(=O)NCCc2ccc3c(c2)OCO3)cc1. The number of amides is 1. The first-order valence-electron chi connectivity index (χ1n) is 7.57. The van der Waals surface area contributed by atoms with Crippen molar-refractivity contribution in [1.82, 2.24) is 5.32 Å². The first kappa shape index (κ1) is 15.2. The van der Waals surface area contributed by atoms with Crippen LogP contribution in [0.25, 0.3) is 0 Å². The summed E-state index contributed by atoms with van der Waals surface area (Å²) in [7, 11) is 3.95. The Kier molecular flexibility index (Phi) is 4.37. The number of nitrogens with one attached hydrogen (secondary N) is 1. The molecule has 23 heavy (non-hydrogen) atoms. The number of nitrogens with zero attached hydrogens (tertiary/aromatic N) is 1. The third-order valence-electron chi connectivity index (χ3n) is 3.78. The molecule has 0 unspecified atom stereocenters. The molecule has 1 N–H and O–H groups in total. The Morgan fingerprint density at radius 1 is 1.09 bits per heavy atom. The van der Waals surface area contributed by atoms with Gasteiger partial charge in [-0.1, -0.05) is 6.07 Å². The van der Waals surface area contributed by atoms with Crippen molar-refractivity contribution in [3.63, 3.8) is 0 Å². The lowest BCUT2D eigenvalue weighted by atomic mass is 10.1. The number of hydrogen-bond acceptors (Lipinski definition) is 4. The molecule has 120 valence electrons. The summed E-state index contributed by atoms with van der Waals surface area (Å²) in [4.78, 5) is 14.1. The van der Waals surface area contributed by atoms with Crippen molar-refractivity contribution in [1.29, 1.82) is 0 Å². The van der Waals surface area contributed by atoms with E-state index in [0.29, 0.717) is 12.1 Å². The van der Waals surface area contributed by atoms with Gasteiger partial charge in [-0.25, -0.2) is 0 Å². The average molecular weight is 312 g/mol. The molecule has 0 saturated carbocycles. The van der Waals surface area contributed by atoms with Crippen LogP contribution in [0.5, 0.6) is 11.5 Å². The summed E-state index contributed by atoms with van der Waals surface area (Å²) >= 11 is 0. The van der Waals surface area contributed by atoms with Crippen LogP contribution in [0, 0.1) is 0 Å². The molecule has 5 heteroatoms. The smallest absolute Gasteiger partial charge is 0.251 e. The minimum Gasteiger partial charge on any atom is -0.454 e. The van der Waals surface area contributed by atoms with E-state index in [9.17, 15) is 4.79 Å². The lowest BCUT2D eigenvalue weighted by molar-refractivity contribution is 0.0954. The average Bonchev–Trinajstić information content (AvgIpc) is 3.02. The van der Waals surface area contributed by atoms with Gasteiger partial charge in [0.15, 0.2) is 11.5 Å². The molecule has 0 bridgehead atoms. The second-order valence-corrected chi connectivity index (χ2v) is 5.63. The predicted octanol–water partition coefficient (Wildman–Crippen LogP) is 2.45. The molecule has 0 radical (unpaired) electrons. The number of carbonyl (C=O) groups is 1. The van der Waals surface area contributed by atoms with Gasteiger partial charge in [0.1, 0.15) is 0 Å². The zero-order valence-electron chi connectivity index (χ0n) is 13.3. The van der Waals surface area contributed by atoms with Gasteiger partial charge in [0, 0.05) is 31.9 Å². The van der Waals surface area contributed by atoms with Crippen LogP contribution in [0.15, 0.2) is 42.5 Å². The molecule has 3 rings (SSSR count). The fourth-order valence-corrected chi connectivity index (χ4v) is 2.43. The number of hydrogen-bond donors (Lipinski definition) is 1. The Balaban J connectivity index is 1.53. The first-order valence-corrected chi connectivity index (χ1v) is 7.57. The highest BCUT2D eigenvalue weighted by Gasteiger charge is 2.13. The number of carbonyl (C=O) groups excluding carboxylic acids is 1. The maximum absolute atomic E-state index is 12.1. The molecular weight excluding hydrogens is 292 g/mol. The van der Waals surface area contributed by atoms with Crippen molar-refractivity contribution in [2.45, 2.75) is 6.42 Å². The molecule has 0 fully saturated rings. The molecule has 1 aliphatic rings. The summed E-state index contributed by atoms with van der Waals surface area (Å²) in [6.45, 7) is 0.854. The van der Waals surface area contributed by atoms with Crippen molar-refractivity contribution in [2.75, 3.05) is 32.3 Å². The molecule has 0 aromatic heterocycles. The van der Waals surface area contributed by atoms with Gasteiger partial charge >= 0.3 is 0 Å². The van der Waals surface area contributed by atoms with E-state index in [4.69, 9.17) is 9.47 Å². The van der Waals surface area contributed by atoms with Crippen LogP contribution in [-0.4, -0.2) is 33.3 Å². The highest BCUT2D eigenvalue weighted by molar-refractivity contribution is 5.94. The fourth-order valence-electron chi connectivity index (χ4n) is 2.43. The van der Waals surface area contributed by atoms with Gasteiger partial charge in [-0.15, -0.1) is 0 Å². The number of benzene rings is 2. The maximum atomic E-state index is 12.1. The first-order chi connectivity index (χ1) is 11.1. The largest absolute Gasteiger partial charge is 0.454 e. The Labute approximate surface area is 135 Å². The maximum Gasteiger partial charge on any atom is 0.251 e. The molecule has 0 aliphatic carbocycles. The van der Waals surface area contributed by atoms with E-state index in [1.54, 1.807) is 0 Å². The molecule has 1 heterocycles. The highest BCUT2D eigenvalue weighted by atomic mass is 16.7. The number of rotatable bonds is 5. The number of anilines is 1. The summed E-state index contributed by atoms with van der Waals surface area (Å²) in [5.74, 6) is 1.49. The van der Waals surface area contributed by atoms with Gasteiger partial charge < -0.3 is 19.7 Å². The molecule has 2 aromatic rings. The summed E-state index contributed by atoms with van der Waals surface area (Å²) in [5.41, 5.74) is 2.85. The van der Waals surface area contributed by atoms with E-state index in [0.717, 1.165) is 29.2 Å². The Morgan fingerprint density at radius 2 is 1.83 bits per heavy atom. The molecule has 0 saturated heterocycles. The fraction of sp³-hybridized carbons (Fsp3) is 0.278.